The van der Waals surface area contributed by atoms with Crippen LogP contribution in [0.2, 0.25) is 0 Å². The van der Waals surface area contributed by atoms with Crippen molar-refractivity contribution in [3.05, 3.63) is 16.0 Å². The molecular weight excluding hydrogens is 296 g/mol. The third-order valence-corrected chi connectivity index (χ3v) is 4.42. The van der Waals surface area contributed by atoms with Gasteiger partial charge in [-0.05, 0) is 6.26 Å². The summed E-state index contributed by atoms with van der Waals surface area (Å²) in [5.74, 6) is 0.626. The van der Waals surface area contributed by atoms with E-state index in [9.17, 15) is 15.0 Å². The molecule has 0 aromatic carbocycles. The molecule has 0 spiro atoms. The van der Waals surface area contributed by atoms with Crippen LogP contribution >= 0.6 is 11.8 Å². The molecule has 1 saturated heterocycles. The number of nitrogens with one attached hydrogen (secondary N) is 2. The molecule has 0 aliphatic carbocycles. The predicted octanol–water partition coefficient (Wildman–Crippen LogP) is -1.08. The summed E-state index contributed by atoms with van der Waals surface area (Å²) >= 11 is 1.56. The predicted molar refractivity (Wildman–Crippen MR) is 77.6 cm³/mol. The minimum Gasteiger partial charge on any atom is -0.389 e. The van der Waals surface area contributed by atoms with Crippen molar-refractivity contribution >= 4 is 23.4 Å². The number of hydrogen-bond donors (Lipinski definition) is 5. The van der Waals surface area contributed by atoms with E-state index in [1.165, 1.54) is 0 Å². The fraction of sp³-hybridized carbons (Fsp3) is 0.636. The second-order valence-electron chi connectivity index (χ2n) is 5.08. The van der Waals surface area contributed by atoms with Crippen LogP contribution in [0.5, 0.6) is 0 Å². The SMILES string of the molecule is CSC[C@@H]1N[C@H](C2N=Nc3c2nc(N)[nH]c3=O)[C@@H](O)[C@H]1O. The van der Waals surface area contributed by atoms with Crippen LogP contribution < -0.4 is 16.6 Å². The third-order valence-electron chi connectivity index (χ3n) is 3.73. The maximum atomic E-state index is 11.7. The first-order chi connectivity index (χ1) is 10.0. The summed E-state index contributed by atoms with van der Waals surface area (Å²) in [5, 5.41) is 31.3. The average Bonchev–Trinajstić information content (AvgIpc) is 2.96. The Bertz CT molecular complexity index is 635. The van der Waals surface area contributed by atoms with Gasteiger partial charge in [0.05, 0.1) is 18.2 Å². The molecule has 0 amide bonds. The minimum atomic E-state index is -1.01. The number of hydrogen-bond acceptors (Lipinski definition) is 9. The Balaban J connectivity index is 1.91. The number of nitrogens with zero attached hydrogens (tertiary/aromatic N) is 3. The van der Waals surface area contributed by atoms with E-state index < -0.39 is 29.9 Å². The summed E-state index contributed by atoms with van der Waals surface area (Å²) < 4.78 is 0. The Morgan fingerprint density at radius 3 is 2.86 bits per heavy atom. The highest BCUT2D eigenvalue weighted by Gasteiger charge is 2.47. The van der Waals surface area contributed by atoms with Gasteiger partial charge in [0.2, 0.25) is 5.95 Å². The van der Waals surface area contributed by atoms with Crippen LogP contribution in [0.15, 0.2) is 15.0 Å². The highest BCUT2D eigenvalue weighted by atomic mass is 32.2. The lowest BCUT2D eigenvalue weighted by Crippen LogP contribution is -2.38. The van der Waals surface area contributed by atoms with Gasteiger partial charge in [0.1, 0.15) is 11.7 Å². The molecule has 21 heavy (non-hydrogen) atoms. The third kappa shape index (κ3) is 2.33. The van der Waals surface area contributed by atoms with Crippen molar-refractivity contribution in [2.75, 3.05) is 17.7 Å². The van der Waals surface area contributed by atoms with E-state index in [0.717, 1.165) is 0 Å². The van der Waals surface area contributed by atoms with Crippen LogP contribution in [-0.4, -0.2) is 56.5 Å². The quantitative estimate of drug-likeness (QED) is 0.476. The van der Waals surface area contributed by atoms with Gasteiger partial charge in [-0.2, -0.15) is 16.9 Å². The lowest BCUT2D eigenvalue weighted by atomic mass is 9.99. The smallest absolute Gasteiger partial charge is 0.280 e. The first-order valence-electron chi connectivity index (χ1n) is 6.44. The van der Waals surface area contributed by atoms with Gasteiger partial charge in [-0.3, -0.25) is 9.78 Å². The molecule has 1 fully saturated rings. The molecule has 1 aromatic heterocycles. The van der Waals surface area contributed by atoms with Gasteiger partial charge in [-0.25, -0.2) is 4.98 Å². The second kappa shape index (κ2) is 5.37. The van der Waals surface area contributed by atoms with Crippen LogP contribution in [-0.2, 0) is 0 Å². The summed E-state index contributed by atoms with van der Waals surface area (Å²) in [4.78, 5) is 18.2. The number of aromatic nitrogens is 2. The van der Waals surface area contributed by atoms with Crippen molar-refractivity contribution in [2.24, 2.45) is 10.2 Å². The summed E-state index contributed by atoms with van der Waals surface area (Å²) in [6.07, 6.45) is 0.000854. The number of thioether (sulfide) groups is 1. The van der Waals surface area contributed by atoms with Crippen molar-refractivity contribution < 1.29 is 10.2 Å². The number of nitrogens with two attached hydrogens (primary N) is 1. The van der Waals surface area contributed by atoms with Gasteiger partial charge in [-0.1, -0.05) is 0 Å². The molecule has 5 atom stereocenters. The van der Waals surface area contributed by atoms with E-state index in [1.807, 2.05) is 6.26 Å². The molecule has 0 bridgehead atoms. The van der Waals surface area contributed by atoms with Crippen molar-refractivity contribution in [1.82, 2.24) is 15.3 Å². The lowest BCUT2D eigenvalue weighted by molar-refractivity contribution is 0.0272. The zero-order chi connectivity index (χ0) is 15.1. The molecule has 2 aliphatic heterocycles. The highest BCUT2D eigenvalue weighted by molar-refractivity contribution is 7.98. The first-order valence-corrected chi connectivity index (χ1v) is 7.84. The topological polar surface area (TPSA) is 149 Å². The number of nitrogen functional groups attached to an aromatic ring is 1. The van der Waals surface area contributed by atoms with E-state index in [0.29, 0.717) is 11.4 Å². The number of aliphatic hydroxyl groups excluding tert-OH is 2. The van der Waals surface area contributed by atoms with Gasteiger partial charge >= 0.3 is 0 Å². The fourth-order valence-corrected chi connectivity index (χ4v) is 3.37. The average molecular weight is 312 g/mol. The first kappa shape index (κ1) is 14.4. The van der Waals surface area contributed by atoms with Crippen molar-refractivity contribution in [2.45, 2.75) is 30.3 Å². The number of H-pyrrole nitrogens is 1. The van der Waals surface area contributed by atoms with Crippen molar-refractivity contribution in [3.63, 3.8) is 0 Å². The number of aliphatic hydroxyl groups is 2. The Morgan fingerprint density at radius 1 is 1.38 bits per heavy atom. The Labute approximate surface area is 124 Å². The molecule has 3 rings (SSSR count). The molecule has 1 aromatic rings. The number of rotatable bonds is 3. The molecule has 1 unspecified atom stereocenters. The number of fused-ring (bicyclic) bond motifs is 1. The molecule has 10 heteroatoms. The Kier molecular flexibility index (Phi) is 3.69. The molecule has 6 N–H and O–H groups in total. The monoisotopic (exact) mass is 312 g/mol. The molecular formula is C11H16N6O3S. The number of anilines is 1. The second-order valence-corrected chi connectivity index (χ2v) is 5.99. The van der Waals surface area contributed by atoms with Crippen molar-refractivity contribution in [1.29, 1.82) is 0 Å². The minimum absolute atomic E-state index is 0.0234. The van der Waals surface area contributed by atoms with E-state index in [4.69, 9.17) is 5.73 Å². The van der Waals surface area contributed by atoms with Crippen LogP contribution in [0.1, 0.15) is 11.7 Å². The molecule has 3 heterocycles. The maximum absolute atomic E-state index is 11.7. The lowest BCUT2D eigenvalue weighted by Gasteiger charge is -2.19. The Morgan fingerprint density at radius 2 is 2.14 bits per heavy atom. The fourth-order valence-electron chi connectivity index (χ4n) is 2.72. The summed E-state index contributed by atoms with van der Waals surface area (Å²) in [6, 6.07) is -1.45. The number of azo groups is 1. The van der Waals surface area contributed by atoms with E-state index in [1.54, 1.807) is 11.8 Å². The summed E-state index contributed by atoms with van der Waals surface area (Å²) in [7, 11) is 0. The van der Waals surface area contributed by atoms with E-state index in [2.05, 4.69) is 25.5 Å². The molecule has 0 saturated carbocycles. The van der Waals surface area contributed by atoms with Gasteiger partial charge in [0, 0.05) is 11.8 Å². The molecule has 9 nitrogen and oxygen atoms in total. The molecule has 0 radical (unpaired) electrons. The van der Waals surface area contributed by atoms with Gasteiger partial charge in [-0.15, -0.1) is 5.11 Å². The van der Waals surface area contributed by atoms with E-state index >= 15 is 0 Å². The molecule has 2 aliphatic rings. The van der Waals surface area contributed by atoms with Crippen LogP contribution in [0.25, 0.3) is 0 Å². The normalized spacial score (nSPS) is 34.3. The van der Waals surface area contributed by atoms with Crippen LogP contribution in [0, 0.1) is 0 Å². The summed E-state index contributed by atoms with van der Waals surface area (Å²) in [5.41, 5.74) is 5.51. The van der Waals surface area contributed by atoms with Gasteiger partial charge in [0.25, 0.3) is 5.56 Å². The zero-order valence-electron chi connectivity index (χ0n) is 11.2. The highest BCUT2D eigenvalue weighted by Crippen LogP contribution is 2.37. The maximum Gasteiger partial charge on any atom is 0.280 e. The van der Waals surface area contributed by atoms with Crippen LogP contribution in [0.3, 0.4) is 0 Å². The van der Waals surface area contributed by atoms with Gasteiger partial charge in [0.15, 0.2) is 5.69 Å². The largest absolute Gasteiger partial charge is 0.389 e. The zero-order valence-corrected chi connectivity index (χ0v) is 12.0. The van der Waals surface area contributed by atoms with Crippen molar-refractivity contribution in [3.8, 4) is 0 Å². The standard InChI is InChI=1S/C11H16N6O3S/c1-21-2-3-8(18)9(19)6(13-3)5-4-7(17-16-5)10(20)15-11(12)14-4/h3,5-6,8-9,13,18-19H,2H2,1H3,(H3,12,14,15,20)/t3-,5?,6+,8-,9+/m0/s1. The molecule has 114 valence electrons. The van der Waals surface area contributed by atoms with Gasteiger partial charge < -0.3 is 21.3 Å². The van der Waals surface area contributed by atoms with E-state index in [-0.39, 0.29) is 17.7 Å². The van der Waals surface area contributed by atoms with Crippen LogP contribution in [0.4, 0.5) is 11.6 Å². The summed E-state index contributed by atoms with van der Waals surface area (Å²) in [6.45, 7) is 0. The Hall–Kier alpha value is -1.49. The number of aromatic amines is 1.